The lowest BCUT2D eigenvalue weighted by Crippen LogP contribution is -2.23. The number of nitrogens with two attached hydrogens (primary N) is 1. The number of hydrogen-bond donors (Lipinski definition) is 2. The van der Waals surface area contributed by atoms with Crippen LogP contribution in [0.25, 0.3) is 0 Å². The van der Waals surface area contributed by atoms with Gasteiger partial charge in [0.1, 0.15) is 0 Å². The summed E-state index contributed by atoms with van der Waals surface area (Å²) in [6, 6.07) is 10.8. The van der Waals surface area contributed by atoms with Gasteiger partial charge in [0, 0.05) is 0 Å². The first kappa shape index (κ1) is 16.0. The SMILES string of the molecule is NS(=O)(=O)c1ccccc1C(=O)N/N=C\c1ccc2c(c1)OCO2. The molecule has 0 radical (unpaired) electrons. The van der Waals surface area contributed by atoms with Gasteiger partial charge in [-0.3, -0.25) is 4.79 Å². The first-order chi connectivity index (χ1) is 11.4. The first-order valence-corrected chi connectivity index (χ1v) is 8.35. The molecule has 1 heterocycles. The number of nitrogens with one attached hydrogen (secondary N) is 1. The Morgan fingerprint density at radius 2 is 1.92 bits per heavy atom. The largest absolute Gasteiger partial charge is 0.454 e. The van der Waals surface area contributed by atoms with Crippen LogP contribution < -0.4 is 20.0 Å². The molecule has 3 rings (SSSR count). The molecule has 1 aliphatic rings. The zero-order valence-electron chi connectivity index (χ0n) is 12.3. The van der Waals surface area contributed by atoms with Crippen molar-refractivity contribution in [2.75, 3.05) is 6.79 Å². The van der Waals surface area contributed by atoms with Crippen molar-refractivity contribution in [2.45, 2.75) is 4.90 Å². The summed E-state index contributed by atoms with van der Waals surface area (Å²) in [6.45, 7) is 0.164. The number of fused-ring (bicyclic) bond motifs is 1. The highest BCUT2D eigenvalue weighted by Gasteiger charge is 2.18. The molecule has 2 aromatic carbocycles. The van der Waals surface area contributed by atoms with Gasteiger partial charge in [0.2, 0.25) is 16.8 Å². The molecule has 124 valence electrons. The molecule has 0 bridgehead atoms. The number of benzene rings is 2. The monoisotopic (exact) mass is 347 g/mol. The van der Waals surface area contributed by atoms with Crippen molar-refractivity contribution in [2.24, 2.45) is 10.2 Å². The predicted molar refractivity (Wildman–Crippen MR) is 85.4 cm³/mol. The molecule has 24 heavy (non-hydrogen) atoms. The number of amides is 1. The molecule has 0 atom stereocenters. The Balaban J connectivity index is 1.74. The van der Waals surface area contributed by atoms with Gasteiger partial charge in [-0.2, -0.15) is 5.10 Å². The van der Waals surface area contributed by atoms with Gasteiger partial charge in [-0.25, -0.2) is 19.0 Å². The van der Waals surface area contributed by atoms with Crippen LogP contribution in [0.4, 0.5) is 0 Å². The fourth-order valence-electron chi connectivity index (χ4n) is 2.12. The number of hydrazone groups is 1. The van der Waals surface area contributed by atoms with Crippen LogP contribution in [0.5, 0.6) is 11.5 Å². The summed E-state index contributed by atoms with van der Waals surface area (Å²) >= 11 is 0. The molecular formula is C15H13N3O5S. The number of nitrogens with zero attached hydrogens (tertiary/aromatic N) is 1. The lowest BCUT2D eigenvalue weighted by molar-refractivity contribution is 0.0952. The lowest BCUT2D eigenvalue weighted by Gasteiger charge is -2.05. The number of carbonyl (C=O) groups excluding carboxylic acids is 1. The quantitative estimate of drug-likeness (QED) is 0.627. The Bertz CT molecular complexity index is 924. The summed E-state index contributed by atoms with van der Waals surface area (Å²) in [7, 11) is -4.01. The van der Waals surface area contributed by atoms with Crippen LogP contribution in [-0.2, 0) is 10.0 Å². The van der Waals surface area contributed by atoms with Crippen LogP contribution in [0.1, 0.15) is 15.9 Å². The van der Waals surface area contributed by atoms with E-state index in [0.29, 0.717) is 17.1 Å². The number of hydrogen-bond acceptors (Lipinski definition) is 6. The van der Waals surface area contributed by atoms with Gasteiger partial charge in [0.15, 0.2) is 11.5 Å². The second-order valence-corrected chi connectivity index (χ2v) is 6.38. The van der Waals surface area contributed by atoms with Crippen molar-refractivity contribution in [1.29, 1.82) is 0 Å². The summed E-state index contributed by atoms with van der Waals surface area (Å²) in [5, 5.41) is 8.91. The van der Waals surface area contributed by atoms with Gasteiger partial charge in [0.05, 0.1) is 16.7 Å². The van der Waals surface area contributed by atoms with E-state index in [4.69, 9.17) is 14.6 Å². The number of ether oxygens (including phenoxy) is 2. The average Bonchev–Trinajstić information content (AvgIpc) is 3.01. The number of carbonyl (C=O) groups is 1. The van der Waals surface area contributed by atoms with Crippen LogP contribution in [0.2, 0.25) is 0 Å². The van der Waals surface area contributed by atoms with Gasteiger partial charge in [0.25, 0.3) is 5.91 Å². The molecule has 0 spiro atoms. The van der Waals surface area contributed by atoms with Crippen molar-refractivity contribution in [3.8, 4) is 11.5 Å². The highest BCUT2D eigenvalue weighted by Crippen LogP contribution is 2.31. The van der Waals surface area contributed by atoms with Gasteiger partial charge in [-0.1, -0.05) is 12.1 Å². The van der Waals surface area contributed by atoms with E-state index in [9.17, 15) is 13.2 Å². The molecular weight excluding hydrogens is 334 g/mol. The molecule has 8 nitrogen and oxygen atoms in total. The number of primary sulfonamides is 1. The minimum absolute atomic E-state index is 0.0807. The highest BCUT2D eigenvalue weighted by atomic mass is 32.2. The Morgan fingerprint density at radius 3 is 2.71 bits per heavy atom. The fraction of sp³-hybridized carbons (Fsp3) is 0.0667. The Labute approximate surface area is 137 Å². The molecule has 3 N–H and O–H groups in total. The van der Waals surface area contributed by atoms with Crippen molar-refractivity contribution in [1.82, 2.24) is 5.43 Å². The minimum atomic E-state index is -4.01. The van der Waals surface area contributed by atoms with Gasteiger partial charge in [-0.15, -0.1) is 0 Å². The van der Waals surface area contributed by atoms with Crippen LogP contribution >= 0.6 is 0 Å². The zero-order chi connectivity index (χ0) is 17.2. The molecule has 0 aliphatic carbocycles. The van der Waals surface area contributed by atoms with Crippen molar-refractivity contribution < 1.29 is 22.7 Å². The van der Waals surface area contributed by atoms with Crippen LogP contribution in [0.3, 0.4) is 0 Å². The average molecular weight is 347 g/mol. The molecule has 1 aliphatic heterocycles. The van der Waals surface area contributed by atoms with E-state index in [1.165, 1.54) is 30.5 Å². The Kier molecular flexibility index (Phi) is 4.19. The normalized spacial score (nSPS) is 13.2. The molecule has 0 unspecified atom stereocenters. The van der Waals surface area contributed by atoms with Gasteiger partial charge < -0.3 is 9.47 Å². The second kappa shape index (κ2) is 6.30. The van der Waals surface area contributed by atoms with Crippen molar-refractivity contribution in [3.63, 3.8) is 0 Å². The van der Waals surface area contributed by atoms with E-state index in [2.05, 4.69) is 10.5 Å². The Hall–Kier alpha value is -2.91. The van der Waals surface area contributed by atoms with Crippen LogP contribution in [0.15, 0.2) is 52.5 Å². The lowest BCUT2D eigenvalue weighted by atomic mass is 10.2. The van der Waals surface area contributed by atoms with E-state index in [1.807, 2.05) is 0 Å². The smallest absolute Gasteiger partial charge is 0.272 e. The number of sulfonamides is 1. The fourth-order valence-corrected chi connectivity index (χ4v) is 2.86. The summed E-state index contributed by atoms with van der Waals surface area (Å²) in [4.78, 5) is 11.8. The number of rotatable bonds is 4. The summed E-state index contributed by atoms with van der Waals surface area (Å²) in [5.41, 5.74) is 2.87. The van der Waals surface area contributed by atoms with E-state index >= 15 is 0 Å². The summed E-state index contributed by atoms with van der Waals surface area (Å²) in [5.74, 6) is 0.541. The van der Waals surface area contributed by atoms with Gasteiger partial charge in [-0.05, 0) is 35.9 Å². The second-order valence-electron chi connectivity index (χ2n) is 4.85. The van der Waals surface area contributed by atoms with Crippen LogP contribution in [-0.4, -0.2) is 27.3 Å². The molecule has 1 amide bonds. The maximum absolute atomic E-state index is 12.1. The maximum atomic E-state index is 12.1. The topological polar surface area (TPSA) is 120 Å². The standard InChI is InChI=1S/C15H13N3O5S/c16-24(20,21)14-4-2-1-3-11(14)15(19)18-17-8-10-5-6-12-13(7-10)23-9-22-12/h1-8H,9H2,(H,18,19)(H2,16,20,21)/b17-8-. The zero-order valence-corrected chi connectivity index (χ0v) is 13.1. The van der Waals surface area contributed by atoms with Crippen molar-refractivity contribution in [3.05, 3.63) is 53.6 Å². The molecule has 2 aromatic rings. The van der Waals surface area contributed by atoms with Crippen LogP contribution in [0, 0.1) is 0 Å². The molecule has 0 saturated heterocycles. The Morgan fingerprint density at radius 1 is 1.17 bits per heavy atom. The van der Waals surface area contributed by atoms with E-state index in [0.717, 1.165) is 0 Å². The minimum Gasteiger partial charge on any atom is -0.454 e. The van der Waals surface area contributed by atoms with E-state index in [-0.39, 0.29) is 17.3 Å². The van der Waals surface area contributed by atoms with Crippen molar-refractivity contribution >= 4 is 22.1 Å². The van der Waals surface area contributed by atoms with Gasteiger partial charge >= 0.3 is 0 Å². The predicted octanol–water partition coefficient (Wildman–Crippen LogP) is 0.827. The molecule has 0 fully saturated rings. The maximum Gasteiger partial charge on any atom is 0.272 e. The first-order valence-electron chi connectivity index (χ1n) is 6.80. The molecule has 9 heteroatoms. The third kappa shape index (κ3) is 3.36. The third-order valence-corrected chi connectivity index (χ3v) is 4.18. The third-order valence-electron chi connectivity index (χ3n) is 3.21. The summed E-state index contributed by atoms with van der Waals surface area (Å²) in [6.07, 6.45) is 1.40. The van der Waals surface area contributed by atoms with E-state index < -0.39 is 15.9 Å². The molecule has 0 saturated carbocycles. The highest BCUT2D eigenvalue weighted by molar-refractivity contribution is 7.89. The van der Waals surface area contributed by atoms with E-state index in [1.54, 1.807) is 18.2 Å². The molecule has 0 aromatic heterocycles. The summed E-state index contributed by atoms with van der Waals surface area (Å²) < 4.78 is 33.4.